The Morgan fingerprint density at radius 1 is 1.35 bits per heavy atom. The summed E-state index contributed by atoms with van der Waals surface area (Å²) in [6, 6.07) is 5.38. The highest BCUT2D eigenvalue weighted by Gasteiger charge is 2.17. The molecule has 0 aliphatic rings. The maximum Gasteiger partial charge on any atom is 0.310 e. The highest BCUT2D eigenvalue weighted by atomic mass is 16.6. The number of rotatable bonds is 3. The molecule has 90 valence electrons. The number of amides is 1. The Balaban J connectivity index is 2.53. The summed E-state index contributed by atoms with van der Waals surface area (Å²) in [7, 11) is 2.97. The van der Waals surface area contributed by atoms with Gasteiger partial charge in [-0.05, 0) is 25.1 Å². The zero-order chi connectivity index (χ0) is 12.4. The topological polar surface area (TPSA) is 60.7 Å². The molecule has 0 spiro atoms. The SMILES string of the molecule is CONC(=O)c1oc2ccc(OC)cc2c1C. The third-order valence-electron chi connectivity index (χ3n) is 2.54. The summed E-state index contributed by atoms with van der Waals surface area (Å²) in [6.45, 7) is 1.82. The molecule has 0 aliphatic carbocycles. The zero-order valence-corrected chi connectivity index (χ0v) is 9.87. The maximum atomic E-state index is 11.6. The van der Waals surface area contributed by atoms with Crippen LogP contribution in [0.2, 0.25) is 0 Å². The van der Waals surface area contributed by atoms with Crippen molar-refractivity contribution in [1.82, 2.24) is 5.48 Å². The van der Waals surface area contributed by atoms with Gasteiger partial charge in [0.05, 0.1) is 14.2 Å². The summed E-state index contributed by atoms with van der Waals surface area (Å²) in [6.07, 6.45) is 0. The van der Waals surface area contributed by atoms with Crippen molar-refractivity contribution in [1.29, 1.82) is 0 Å². The third kappa shape index (κ3) is 1.97. The molecule has 5 nitrogen and oxygen atoms in total. The number of hydrogen-bond acceptors (Lipinski definition) is 4. The van der Waals surface area contributed by atoms with Gasteiger partial charge >= 0.3 is 5.91 Å². The van der Waals surface area contributed by atoms with Gasteiger partial charge < -0.3 is 9.15 Å². The molecule has 0 fully saturated rings. The number of hydroxylamine groups is 1. The van der Waals surface area contributed by atoms with E-state index >= 15 is 0 Å². The highest BCUT2D eigenvalue weighted by molar-refractivity contribution is 5.98. The number of fused-ring (bicyclic) bond motifs is 1. The fraction of sp³-hybridized carbons (Fsp3) is 0.250. The largest absolute Gasteiger partial charge is 0.497 e. The first-order chi connectivity index (χ1) is 8.17. The Labute approximate surface area is 98.3 Å². The predicted molar refractivity (Wildman–Crippen MR) is 62.0 cm³/mol. The summed E-state index contributed by atoms with van der Waals surface area (Å²) in [4.78, 5) is 16.2. The first-order valence-electron chi connectivity index (χ1n) is 5.08. The summed E-state index contributed by atoms with van der Waals surface area (Å²) in [5, 5.41) is 0.852. The number of hydrogen-bond donors (Lipinski definition) is 1. The Morgan fingerprint density at radius 3 is 2.76 bits per heavy atom. The number of furan rings is 1. The average molecular weight is 235 g/mol. The van der Waals surface area contributed by atoms with E-state index in [2.05, 4.69) is 10.3 Å². The number of carbonyl (C=O) groups excluding carboxylic acids is 1. The van der Waals surface area contributed by atoms with Crippen molar-refractivity contribution < 1.29 is 18.8 Å². The van der Waals surface area contributed by atoms with Crippen molar-refractivity contribution in [2.75, 3.05) is 14.2 Å². The monoisotopic (exact) mass is 235 g/mol. The molecule has 0 aliphatic heterocycles. The minimum Gasteiger partial charge on any atom is -0.497 e. The van der Waals surface area contributed by atoms with Crippen molar-refractivity contribution in [2.24, 2.45) is 0 Å². The molecule has 1 heterocycles. The lowest BCUT2D eigenvalue weighted by molar-refractivity contribution is 0.0511. The summed E-state index contributed by atoms with van der Waals surface area (Å²) in [5.41, 5.74) is 3.63. The van der Waals surface area contributed by atoms with Gasteiger partial charge in [-0.1, -0.05) is 0 Å². The molecule has 0 bridgehead atoms. The molecule has 1 aromatic carbocycles. The van der Waals surface area contributed by atoms with Gasteiger partial charge in [0.25, 0.3) is 0 Å². The molecule has 1 N–H and O–H groups in total. The summed E-state index contributed by atoms with van der Waals surface area (Å²) in [5.74, 6) is 0.565. The van der Waals surface area contributed by atoms with Gasteiger partial charge in [0, 0.05) is 10.9 Å². The number of aryl methyl sites for hydroxylation is 1. The van der Waals surface area contributed by atoms with Crippen molar-refractivity contribution in [3.8, 4) is 5.75 Å². The molecule has 0 saturated carbocycles. The quantitative estimate of drug-likeness (QED) is 0.827. The van der Waals surface area contributed by atoms with Crippen LogP contribution in [0.25, 0.3) is 11.0 Å². The van der Waals surface area contributed by atoms with Gasteiger partial charge in [-0.2, -0.15) is 0 Å². The van der Waals surface area contributed by atoms with Crippen LogP contribution in [-0.2, 0) is 4.84 Å². The molecule has 5 heteroatoms. The molecule has 2 rings (SSSR count). The van der Waals surface area contributed by atoms with Gasteiger partial charge in [-0.25, -0.2) is 5.48 Å². The summed E-state index contributed by atoms with van der Waals surface area (Å²) < 4.78 is 10.6. The van der Waals surface area contributed by atoms with E-state index in [-0.39, 0.29) is 5.76 Å². The van der Waals surface area contributed by atoms with Crippen LogP contribution < -0.4 is 10.2 Å². The molecule has 1 aromatic heterocycles. The fourth-order valence-electron chi connectivity index (χ4n) is 1.68. The average Bonchev–Trinajstić information content (AvgIpc) is 2.67. The molecule has 2 aromatic rings. The molecular formula is C12H13NO4. The number of benzene rings is 1. The van der Waals surface area contributed by atoms with Crippen LogP contribution in [0.15, 0.2) is 22.6 Å². The standard InChI is InChI=1S/C12H13NO4/c1-7-9-6-8(15-2)4-5-10(9)17-11(7)12(14)13-16-3/h4-6H,1-3H3,(H,13,14). The van der Waals surface area contributed by atoms with Crippen molar-refractivity contribution in [2.45, 2.75) is 6.92 Å². The van der Waals surface area contributed by atoms with Gasteiger partial charge in [0.1, 0.15) is 11.3 Å². The van der Waals surface area contributed by atoms with E-state index in [1.54, 1.807) is 19.2 Å². The van der Waals surface area contributed by atoms with Crippen LogP contribution in [0.4, 0.5) is 0 Å². The smallest absolute Gasteiger partial charge is 0.310 e. The first-order valence-corrected chi connectivity index (χ1v) is 5.08. The van der Waals surface area contributed by atoms with Crippen LogP contribution in [0, 0.1) is 6.92 Å². The second-order valence-corrected chi connectivity index (χ2v) is 3.55. The second kappa shape index (κ2) is 4.47. The van der Waals surface area contributed by atoms with Crippen molar-refractivity contribution in [3.63, 3.8) is 0 Å². The van der Waals surface area contributed by atoms with Crippen LogP contribution in [0.1, 0.15) is 16.1 Å². The van der Waals surface area contributed by atoms with E-state index in [0.29, 0.717) is 5.58 Å². The van der Waals surface area contributed by atoms with E-state index in [0.717, 1.165) is 16.7 Å². The molecule has 1 amide bonds. The third-order valence-corrected chi connectivity index (χ3v) is 2.54. The second-order valence-electron chi connectivity index (χ2n) is 3.55. The lowest BCUT2D eigenvalue weighted by atomic mass is 10.1. The van der Waals surface area contributed by atoms with Gasteiger partial charge in [-0.15, -0.1) is 0 Å². The summed E-state index contributed by atoms with van der Waals surface area (Å²) >= 11 is 0. The first kappa shape index (κ1) is 11.5. The molecule has 0 unspecified atom stereocenters. The molecule has 0 saturated heterocycles. The van der Waals surface area contributed by atoms with Crippen LogP contribution in [0.5, 0.6) is 5.75 Å². The van der Waals surface area contributed by atoms with Gasteiger partial charge in [0.15, 0.2) is 5.76 Å². The fourth-order valence-corrected chi connectivity index (χ4v) is 1.68. The van der Waals surface area contributed by atoms with Crippen molar-refractivity contribution >= 4 is 16.9 Å². The van der Waals surface area contributed by atoms with E-state index < -0.39 is 5.91 Å². The highest BCUT2D eigenvalue weighted by Crippen LogP contribution is 2.28. The number of carbonyl (C=O) groups is 1. The lowest BCUT2D eigenvalue weighted by Gasteiger charge is -1.98. The maximum absolute atomic E-state index is 11.6. The number of methoxy groups -OCH3 is 1. The molecular weight excluding hydrogens is 222 g/mol. The predicted octanol–water partition coefficient (Wildman–Crippen LogP) is 2.04. The molecule has 0 radical (unpaired) electrons. The Bertz CT molecular complexity index is 559. The van der Waals surface area contributed by atoms with Crippen LogP contribution >= 0.6 is 0 Å². The number of ether oxygens (including phenoxy) is 1. The van der Waals surface area contributed by atoms with Gasteiger partial charge in [0.2, 0.25) is 0 Å². The van der Waals surface area contributed by atoms with E-state index in [1.165, 1.54) is 7.11 Å². The molecule has 0 atom stereocenters. The minimum absolute atomic E-state index is 0.245. The minimum atomic E-state index is -0.403. The Kier molecular flexibility index (Phi) is 3.01. The Hall–Kier alpha value is -2.01. The lowest BCUT2D eigenvalue weighted by Crippen LogP contribution is -2.21. The number of nitrogens with one attached hydrogen (secondary N) is 1. The van der Waals surface area contributed by atoms with Crippen LogP contribution in [0.3, 0.4) is 0 Å². The normalized spacial score (nSPS) is 10.5. The van der Waals surface area contributed by atoms with Crippen LogP contribution in [-0.4, -0.2) is 20.1 Å². The van der Waals surface area contributed by atoms with Gasteiger partial charge in [-0.3, -0.25) is 9.63 Å². The van der Waals surface area contributed by atoms with E-state index in [1.807, 2.05) is 13.0 Å². The molecule has 17 heavy (non-hydrogen) atoms. The van der Waals surface area contributed by atoms with E-state index in [4.69, 9.17) is 9.15 Å². The van der Waals surface area contributed by atoms with Crippen molar-refractivity contribution in [3.05, 3.63) is 29.5 Å². The zero-order valence-electron chi connectivity index (χ0n) is 9.87. The van der Waals surface area contributed by atoms with E-state index in [9.17, 15) is 4.79 Å². The Morgan fingerprint density at radius 2 is 2.12 bits per heavy atom.